The van der Waals surface area contributed by atoms with Crippen LogP contribution in [-0.4, -0.2) is 44.7 Å². The van der Waals surface area contributed by atoms with Gasteiger partial charge in [-0.3, -0.25) is 4.99 Å². The lowest BCUT2D eigenvalue weighted by molar-refractivity contribution is 0.266. The SMILES string of the molecule is CN=C(NCCc1ccc(OC)cc1)N1CCCC(C)C1.I. The van der Waals surface area contributed by atoms with Crippen LogP contribution in [0.15, 0.2) is 29.3 Å². The van der Waals surface area contributed by atoms with E-state index in [9.17, 15) is 0 Å². The van der Waals surface area contributed by atoms with Gasteiger partial charge < -0.3 is 15.0 Å². The van der Waals surface area contributed by atoms with Crippen molar-refractivity contribution in [2.45, 2.75) is 26.2 Å². The molecular weight excluding hydrogens is 389 g/mol. The Balaban J connectivity index is 0.00000242. The van der Waals surface area contributed by atoms with Gasteiger partial charge in [-0.25, -0.2) is 0 Å². The summed E-state index contributed by atoms with van der Waals surface area (Å²) in [6.45, 7) is 5.45. The fourth-order valence-corrected chi connectivity index (χ4v) is 2.82. The van der Waals surface area contributed by atoms with E-state index in [2.05, 4.69) is 34.3 Å². The molecule has 4 nitrogen and oxygen atoms in total. The quantitative estimate of drug-likeness (QED) is 0.465. The summed E-state index contributed by atoms with van der Waals surface area (Å²) in [5.41, 5.74) is 1.31. The molecule has 124 valence electrons. The molecule has 0 bridgehead atoms. The van der Waals surface area contributed by atoms with Crippen molar-refractivity contribution in [1.82, 2.24) is 10.2 Å². The van der Waals surface area contributed by atoms with E-state index in [1.807, 2.05) is 19.2 Å². The van der Waals surface area contributed by atoms with Crippen molar-refractivity contribution in [3.63, 3.8) is 0 Å². The molecule has 1 fully saturated rings. The standard InChI is InChI=1S/C17H27N3O.HI/c1-14-5-4-12-20(13-14)17(18-2)19-11-10-15-6-8-16(21-3)9-7-15;/h6-9,14H,4-5,10-13H2,1-3H3,(H,18,19);1H. The van der Waals surface area contributed by atoms with Crippen molar-refractivity contribution < 1.29 is 4.74 Å². The predicted molar refractivity (Wildman–Crippen MR) is 103 cm³/mol. The van der Waals surface area contributed by atoms with Gasteiger partial charge in [0.1, 0.15) is 5.75 Å². The van der Waals surface area contributed by atoms with E-state index >= 15 is 0 Å². The van der Waals surface area contributed by atoms with Crippen molar-refractivity contribution in [2.24, 2.45) is 10.9 Å². The molecule has 1 heterocycles. The summed E-state index contributed by atoms with van der Waals surface area (Å²) in [6, 6.07) is 8.26. The van der Waals surface area contributed by atoms with Crippen molar-refractivity contribution in [3.8, 4) is 5.75 Å². The fraction of sp³-hybridized carbons (Fsp3) is 0.588. The first-order valence-electron chi connectivity index (χ1n) is 7.81. The molecule has 1 aliphatic rings. The number of hydrogen-bond acceptors (Lipinski definition) is 2. The largest absolute Gasteiger partial charge is 0.497 e. The van der Waals surface area contributed by atoms with Crippen molar-refractivity contribution in [3.05, 3.63) is 29.8 Å². The Kier molecular flexibility index (Phi) is 8.60. The number of nitrogens with zero attached hydrogens (tertiary/aromatic N) is 2. The molecule has 0 saturated carbocycles. The van der Waals surface area contributed by atoms with Crippen LogP contribution < -0.4 is 10.1 Å². The zero-order chi connectivity index (χ0) is 15.1. The first kappa shape index (κ1) is 19.1. The monoisotopic (exact) mass is 417 g/mol. The smallest absolute Gasteiger partial charge is 0.193 e. The number of guanidine groups is 1. The van der Waals surface area contributed by atoms with Crippen LogP contribution in [0.2, 0.25) is 0 Å². The van der Waals surface area contributed by atoms with Crippen LogP contribution in [0.5, 0.6) is 5.75 Å². The third-order valence-electron chi connectivity index (χ3n) is 4.02. The summed E-state index contributed by atoms with van der Waals surface area (Å²) in [7, 11) is 3.56. The number of methoxy groups -OCH3 is 1. The molecule has 2 rings (SSSR count). The fourth-order valence-electron chi connectivity index (χ4n) is 2.82. The van der Waals surface area contributed by atoms with Crippen LogP contribution in [0.4, 0.5) is 0 Å². The minimum atomic E-state index is 0. The molecule has 0 amide bonds. The van der Waals surface area contributed by atoms with Gasteiger partial charge in [0.2, 0.25) is 0 Å². The second kappa shape index (κ2) is 9.92. The van der Waals surface area contributed by atoms with Crippen LogP contribution in [-0.2, 0) is 6.42 Å². The molecule has 1 N–H and O–H groups in total. The van der Waals surface area contributed by atoms with Crippen LogP contribution in [0.1, 0.15) is 25.3 Å². The maximum atomic E-state index is 5.18. The van der Waals surface area contributed by atoms with E-state index in [0.29, 0.717) is 0 Å². The van der Waals surface area contributed by atoms with Crippen molar-refractivity contribution in [2.75, 3.05) is 33.8 Å². The maximum absolute atomic E-state index is 5.18. The number of piperidine rings is 1. The van der Waals surface area contributed by atoms with Gasteiger partial charge in [-0.1, -0.05) is 19.1 Å². The molecular formula is C17H28IN3O. The zero-order valence-corrected chi connectivity index (χ0v) is 16.2. The normalized spacial score (nSPS) is 18.6. The number of nitrogens with one attached hydrogen (secondary N) is 1. The van der Waals surface area contributed by atoms with Crippen LogP contribution in [0.3, 0.4) is 0 Å². The summed E-state index contributed by atoms with van der Waals surface area (Å²) in [5, 5.41) is 3.48. The number of benzene rings is 1. The van der Waals surface area contributed by atoms with E-state index in [0.717, 1.165) is 43.7 Å². The van der Waals surface area contributed by atoms with E-state index in [4.69, 9.17) is 4.74 Å². The summed E-state index contributed by atoms with van der Waals surface area (Å²) < 4.78 is 5.18. The molecule has 5 heteroatoms. The molecule has 1 unspecified atom stereocenters. The van der Waals surface area contributed by atoms with Gasteiger partial charge in [0.15, 0.2) is 5.96 Å². The molecule has 1 aromatic rings. The average Bonchev–Trinajstić information content (AvgIpc) is 2.52. The predicted octanol–water partition coefficient (Wildman–Crippen LogP) is 3.16. The average molecular weight is 417 g/mol. The van der Waals surface area contributed by atoms with E-state index in [-0.39, 0.29) is 24.0 Å². The lowest BCUT2D eigenvalue weighted by Crippen LogP contribution is -2.46. The Morgan fingerprint density at radius 3 is 2.68 bits per heavy atom. The summed E-state index contributed by atoms with van der Waals surface area (Å²) in [4.78, 5) is 6.79. The zero-order valence-electron chi connectivity index (χ0n) is 13.8. The summed E-state index contributed by atoms with van der Waals surface area (Å²) in [6.07, 6.45) is 3.59. The third kappa shape index (κ3) is 5.66. The molecule has 1 aliphatic heterocycles. The molecule has 0 aromatic heterocycles. The maximum Gasteiger partial charge on any atom is 0.193 e. The molecule has 0 spiro atoms. The number of likely N-dealkylation sites (tertiary alicyclic amines) is 1. The molecule has 0 radical (unpaired) electrons. The van der Waals surface area contributed by atoms with Crippen LogP contribution in [0.25, 0.3) is 0 Å². The second-order valence-corrected chi connectivity index (χ2v) is 5.77. The third-order valence-corrected chi connectivity index (χ3v) is 4.02. The number of rotatable bonds is 4. The molecule has 1 aromatic carbocycles. The van der Waals surface area contributed by atoms with Crippen molar-refractivity contribution >= 4 is 29.9 Å². The van der Waals surface area contributed by atoms with Crippen LogP contribution >= 0.6 is 24.0 Å². The van der Waals surface area contributed by atoms with Gasteiger partial charge in [0.05, 0.1) is 7.11 Å². The van der Waals surface area contributed by atoms with Gasteiger partial charge in [-0.2, -0.15) is 0 Å². The Bertz CT molecular complexity index is 461. The Morgan fingerprint density at radius 2 is 2.09 bits per heavy atom. The summed E-state index contributed by atoms with van der Waals surface area (Å²) >= 11 is 0. The van der Waals surface area contributed by atoms with Crippen LogP contribution in [0, 0.1) is 5.92 Å². The lowest BCUT2D eigenvalue weighted by atomic mass is 10.0. The molecule has 1 saturated heterocycles. The first-order chi connectivity index (χ1) is 10.2. The topological polar surface area (TPSA) is 36.9 Å². The highest BCUT2D eigenvalue weighted by atomic mass is 127. The molecule has 22 heavy (non-hydrogen) atoms. The highest BCUT2D eigenvalue weighted by Crippen LogP contribution is 2.15. The number of hydrogen-bond donors (Lipinski definition) is 1. The molecule has 0 aliphatic carbocycles. The highest BCUT2D eigenvalue weighted by molar-refractivity contribution is 14.0. The Morgan fingerprint density at radius 1 is 1.36 bits per heavy atom. The van der Waals surface area contributed by atoms with E-state index in [1.54, 1.807) is 7.11 Å². The number of halogens is 1. The van der Waals surface area contributed by atoms with Gasteiger partial charge >= 0.3 is 0 Å². The van der Waals surface area contributed by atoms with Gasteiger partial charge in [0.25, 0.3) is 0 Å². The van der Waals surface area contributed by atoms with Gasteiger partial charge in [-0.15, -0.1) is 24.0 Å². The van der Waals surface area contributed by atoms with Gasteiger partial charge in [0, 0.05) is 26.7 Å². The second-order valence-electron chi connectivity index (χ2n) is 5.77. The highest BCUT2D eigenvalue weighted by Gasteiger charge is 2.18. The Labute approximate surface area is 151 Å². The summed E-state index contributed by atoms with van der Waals surface area (Å²) in [5.74, 6) is 2.71. The van der Waals surface area contributed by atoms with Gasteiger partial charge in [-0.05, 0) is 42.9 Å². The van der Waals surface area contributed by atoms with E-state index in [1.165, 1.54) is 18.4 Å². The Hall–Kier alpha value is -0.980. The van der Waals surface area contributed by atoms with E-state index < -0.39 is 0 Å². The number of aliphatic imine (C=N–C) groups is 1. The number of ether oxygens (including phenoxy) is 1. The minimum Gasteiger partial charge on any atom is -0.497 e. The van der Waals surface area contributed by atoms with Crippen molar-refractivity contribution in [1.29, 1.82) is 0 Å². The minimum absolute atomic E-state index is 0. The lowest BCUT2D eigenvalue weighted by Gasteiger charge is -2.33. The first-order valence-corrected chi connectivity index (χ1v) is 7.81. The molecule has 1 atom stereocenters.